The molecule has 2 N–H and O–H groups in total. The fourth-order valence-electron chi connectivity index (χ4n) is 2.65. The number of carbonyl (C=O) groups is 2. The van der Waals surface area contributed by atoms with Crippen LogP contribution < -0.4 is 10.6 Å². The Morgan fingerprint density at radius 1 is 0.926 bits per heavy atom. The standard InChI is InChI=1S/C21H20N4O2/c1-13-5-4-6-14(2)19(13)25-20(27)18-11-12-22-21(24-18)23-17-9-7-16(8-10-17)15(3)26/h4-12H,1-3H3,(H,25,27)(H,22,23,24). The van der Waals surface area contributed by atoms with E-state index < -0.39 is 0 Å². The number of para-hydroxylation sites is 1. The van der Waals surface area contributed by atoms with Crippen LogP contribution in [0.3, 0.4) is 0 Å². The van der Waals surface area contributed by atoms with E-state index in [-0.39, 0.29) is 17.4 Å². The Balaban J connectivity index is 1.76. The van der Waals surface area contributed by atoms with Crippen molar-refractivity contribution in [3.63, 3.8) is 0 Å². The van der Waals surface area contributed by atoms with Crippen LogP contribution in [-0.2, 0) is 0 Å². The number of hydrogen-bond donors (Lipinski definition) is 2. The predicted octanol–water partition coefficient (Wildman–Crippen LogP) is 4.29. The largest absolute Gasteiger partial charge is 0.324 e. The number of carbonyl (C=O) groups excluding carboxylic acids is 2. The van der Waals surface area contributed by atoms with Crippen LogP contribution in [0.5, 0.6) is 0 Å². The summed E-state index contributed by atoms with van der Waals surface area (Å²) < 4.78 is 0. The van der Waals surface area contributed by atoms with E-state index in [9.17, 15) is 9.59 Å². The lowest BCUT2D eigenvalue weighted by Crippen LogP contribution is -2.16. The Hall–Kier alpha value is -3.54. The summed E-state index contributed by atoms with van der Waals surface area (Å²) >= 11 is 0. The Morgan fingerprint density at radius 3 is 2.22 bits per heavy atom. The summed E-state index contributed by atoms with van der Waals surface area (Å²) in [4.78, 5) is 32.3. The van der Waals surface area contributed by atoms with Crippen LogP contribution in [0.4, 0.5) is 17.3 Å². The minimum absolute atomic E-state index is 0.00275. The van der Waals surface area contributed by atoms with Gasteiger partial charge in [-0.05, 0) is 62.2 Å². The fraction of sp³-hybridized carbons (Fsp3) is 0.143. The molecule has 1 aromatic heterocycles. The van der Waals surface area contributed by atoms with Crippen molar-refractivity contribution < 1.29 is 9.59 Å². The highest BCUT2D eigenvalue weighted by molar-refractivity contribution is 6.03. The first kappa shape index (κ1) is 18.3. The van der Waals surface area contributed by atoms with Crippen molar-refractivity contribution in [2.75, 3.05) is 10.6 Å². The van der Waals surface area contributed by atoms with Crippen molar-refractivity contribution in [3.05, 3.63) is 77.1 Å². The lowest BCUT2D eigenvalue weighted by molar-refractivity contribution is 0.101. The van der Waals surface area contributed by atoms with Gasteiger partial charge in [-0.15, -0.1) is 0 Å². The van der Waals surface area contributed by atoms with Crippen molar-refractivity contribution >= 4 is 29.0 Å². The van der Waals surface area contributed by atoms with E-state index in [1.165, 1.54) is 13.1 Å². The second-order valence-electron chi connectivity index (χ2n) is 6.24. The quantitative estimate of drug-likeness (QED) is 0.663. The van der Waals surface area contributed by atoms with Gasteiger partial charge in [0.25, 0.3) is 5.91 Å². The number of benzene rings is 2. The molecule has 0 atom stereocenters. The van der Waals surface area contributed by atoms with Crippen LogP contribution in [0.1, 0.15) is 38.9 Å². The van der Waals surface area contributed by atoms with Crippen molar-refractivity contribution in [2.24, 2.45) is 0 Å². The maximum atomic E-state index is 12.6. The molecule has 0 bridgehead atoms. The maximum Gasteiger partial charge on any atom is 0.274 e. The first-order valence-corrected chi connectivity index (χ1v) is 8.52. The number of amides is 1. The highest BCUT2D eigenvalue weighted by atomic mass is 16.2. The highest BCUT2D eigenvalue weighted by Gasteiger charge is 2.12. The highest BCUT2D eigenvalue weighted by Crippen LogP contribution is 2.20. The average molecular weight is 360 g/mol. The number of ketones is 1. The second-order valence-corrected chi connectivity index (χ2v) is 6.24. The molecule has 6 nitrogen and oxygen atoms in total. The minimum atomic E-state index is -0.301. The van der Waals surface area contributed by atoms with Crippen LogP contribution in [0.15, 0.2) is 54.7 Å². The molecular formula is C21H20N4O2. The van der Waals surface area contributed by atoms with Crippen molar-refractivity contribution in [1.29, 1.82) is 0 Å². The zero-order valence-electron chi connectivity index (χ0n) is 15.4. The fourth-order valence-corrected chi connectivity index (χ4v) is 2.65. The van der Waals surface area contributed by atoms with Gasteiger partial charge in [0.05, 0.1) is 0 Å². The summed E-state index contributed by atoms with van der Waals surface area (Å²) in [5, 5.41) is 5.95. The number of Topliss-reactive ketones (excluding diaryl/α,β-unsaturated/α-hetero) is 1. The maximum absolute atomic E-state index is 12.6. The van der Waals surface area contributed by atoms with Crippen molar-refractivity contribution in [3.8, 4) is 0 Å². The number of aryl methyl sites for hydroxylation is 2. The summed E-state index contributed by atoms with van der Waals surface area (Å²) in [5.41, 5.74) is 4.38. The molecule has 0 saturated heterocycles. The zero-order valence-corrected chi connectivity index (χ0v) is 15.4. The van der Waals surface area contributed by atoms with Crippen LogP contribution in [0.2, 0.25) is 0 Å². The molecule has 0 radical (unpaired) electrons. The summed E-state index contributed by atoms with van der Waals surface area (Å²) in [6.45, 7) is 5.41. The molecule has 0 unspecified atom stereocenters. The molecule has 27 heavy (non-hydrogen) atoms. The van der Waals surface area contributed by atoms with Gasteiger partial charge in [-0.3, -0.25) is 9.59 Å². The Bertz CT molecular complexity index is 977. The summed E-state index contributed by atoms with van der Waals surface area (Å²) in [7, 11) is 0. The van der Waals surface area contributed by atoms with Crippen LogP contribution in [0.25, 0.3) is 0 Å². The lowest BCUT2D eigenvalue weighted by atomic mass is 10.1. The van der Waals surface area contributed by atoms with Gasteiger partial charge >= 0.3 is 0 Å². The zero-order chi connectivity index (χ0) is 19.4. The SMILES string of the molecule is CC(=O)c1ccc(Nc2nccc(C(=O)Nc3c(C)cccc3C)n2)cc1. The summed E-state index contributed by atoms with van der Waals surface area (Å²) in [5.74, 6) is 0.00692. The molecule has 0 fully saturated rings. The smallest absolute Gasteiger partial charge is 0.274 e. The van der Waals surface area contributed by atoms with Gasteiger partial charge in [-0.1, -0.05) is 18.2 Å². The van der Waals surface area contributed by atoms with E-state index in [0.717, 1.165) is 22.5 Å². The molecule has 0 saturated carbocycles. The van der Waals surface area contributed by atoms with Gasteiger partial charge in [0.1, 0.15) is 5.69 Å². The van der Waals surface area contributed by atoms with Crippen LogP contribution in [0, 0.1) is 13.8 Å². The molecule has 6 heteroatoms. The number of aromatic nitrogens is 2. The van der Waals surface area contributed by atoms with E-state index in [1.54, 1.807) is 30.3 Å². The molecule has 0 spiro atoms. The van der Waals surface area contributed by atoms with Gasteiger partial charge in [0, 0.05) is 23.1 Å². The Kier molecular flexibility index (Phi) is 5.26. The summed E-state index contributed by atoms with van der Waals surface area (Å²) in [6, 6.07) is 14.4. The van der Waals surface area contributed by atoms with E-state index in [2.05, 4.69) is 20.6 Å². The Labute approximate surface area is 157 Å². The molecule has 2 aromatic carbocycles. The Morgan fingerprint density at radius 2 is 1.59 bits per heavy atom. The number of rotatable bonds is 5. The first-order valence-electron chi connectivity index (χ1n) is 8.52. The van der Waals surface area contributed by atoms with Crippen LogP contribution >= 0.6 is 0 Å². The number of nitrogens with one attached hydrogen (secondary N) is 2. The van der Waals surface area contributed by atoms with Gasteiger partial charge in [-0.25, -0.2) is 9.97 Å². The number of hydrogen-bond acceptors (Lipinski definition) is 5. The molecular weight excluding hydrogens is 340 g/mol. The molecule has 1 heterocycles. The van der Waals surface area contributed by atoms with E-state index in [4.69, 9.17) is 0 Å². The third kappa shape index (κ3) is 4.36. The minimum Gasteiger partial charge on any atom is -0.324 e. The first-order chi connectivity index (χ1) is 12.9. The average Bonchev–Trinajstić information content (AvgIpc) is 2.65. The van der Waals surface area contributed by atoms with Crippen molar-refractivity contribution in [2.45, 2.75) is 20.8 Å². The van der Waals surface area contributed by atoms with Crippen molar-refractivity contribution in [1.82, 2.24) is 9.97 Å². The van der Waals surface area contributed by atoms with E-state index >= 15 is 0 Å². The van der Waals surface area contributed by atoms with Gasteiger partial charge in [0.15, 0.2) is 5.78 Å². The second kappa shape index (κ2) is 7.78. The lowest BCUT2D eigenvalue weighted by Gasteiger charge is -2.11. The molecule has 0 aliphatic carbocycles. The molecule has 1 amide bonds. The third-order valence-electron chi connectivity index (χ3n) is 4.16. The van der Waals surface area contributed by atoms with Gasteiger partial charge in [-0.2, -0.15) is 0 Å². The topological polar surface area (TPSA) is 84.0 Å². The third-order valence-corrected chi connectivity index (χ3v) is 4.16. The normalized spacial score (nSPS) is 10.3. The molecule has 0 aliphatic heterocycles. The molecule has 136 valence electrons. The molecule has 3 aromatic rings. The van der Waals surface area contributed by atoms with Crippen LogP contribution in [-0.4, -0.2) is 21.7 Å². The van der Waals surface area contributed by atoms with Gasteiger partial charge in [0.2, 0.25) is 5.95 Å². The predicted molar refractivity (Wildman–Crippen MR) is 106 cm³/mol. The monoisotopic (exact) mass is 360 g/mol. The summed E-state index contributed by atoms with van der Waals surface area (Å²) in [6.07, 6.45) is 1.53. The van der Waals surface area contributed by atoms with E-state index in [1.807, 2.05) is 32.0 Å². The van der Waals surface area contributed by atoms with Gasteiger partial charge < -0.3 is 10.6 Å². The number of anilines is 3. The molecule has 3 rings (SSSR count). The molecule has 0 aliphatic rings. The number of nitrogens with zero attached hydrogens (tertiary/aromatic N) is 2. The van der Waals surface area contributed by atoms with E-state index in [0.29, 0.717) is 11.5 Å².